The Labute approximate surface area is 247 Å². The van der Waals surface area contributed by atoms with Crippen molar-refractivity contribution in [3.05, 3.63) is 91.5 Å². The van der Waals surface area contributed by atoms with Gasteiger partial charge in [-0.25, -0.2) is 0 Å². The molecular weight excluding hydrogens is 634 g/mol. The Morgan fingerprint density at radius 3 is 1.70 bits per heavy atom. The van der Waals surface area contributed by atoms with Crippen LogP contribution in [0.4, 0.5) is 17.1 Å². The zero-order valence-corrected chi connectivity index (χ0v) is 27.5. The number of hydrogen-bond acceptors (Lipinski definition) is 5. The van der Waals surface area contributed by atoms with Gasteiger partial charge in [0.05, 0.1) is 0 Å². The quantitative estimate of drug-likeness (QED) is 0.151. The third kappa shape index (κ3) is 6.17. The van der Waals surface area contributed by atoms with Gasteiger partial charge < -0.3 is 0 Å². The summed E-state index contributed by atoms with van der Waals surface area (Å²) in [4.78, 5) is 15.8. The van der Waals surface area contributed by atoms with Gasteiger partial charge in [-0.2, -0.15) is 0 Å². The molecule has 0 saturated carbocycles. The van der Waals surface area contributed by atoms with Gasteiger partial charge in [0, 0.05) is 0 Å². The molecule has 0 amide bonds. The van der Waals surface area contributed by atoms with Crippen molar-refractivity contribution in [1.29, 1.82) is 0 Å². The first-order valence-corrected chi connectivity index (χ1v) is 19.5. The van der Waals surface area contributed by atoms with Gasteiger partial charge in [-0.3, -0.25) is 0 Å². The number of halogens is 2. The second kappa shape index (κ2) is 11.7. The van der Waals surface area contributed by atoms with Crippen LogP contribution < -0.4 is 14.5 Å². The van der Waals surface area contributed by atoms with Crippen LogP contribution in [0.25, 0.3) is 0 Å². The van der Waals surface area contributed by atoms with Crippen LogP contribution in [0.2, 0.25) is 0 Å². The van der Waals surface area contributed by atoms with Crippen LogP contribution in [-0.2, 0) is 11.9 Å². The van der Waals surface area contributed by atoms with E-state index in [1.807, 2.05) is 18.5 Å². The molecule has 0 spiro atoms. The van der Waals surface area contributed by atoms with E-state index in [4.69, 9.17) is 24.1 Å². The second-order valence-corrected chi connectivity index (χ2v) is 20.0. The fourth-order valence-electron chi connectivity index (χ4n) is 5.65. The van der Waals surface area contributed by atoms with Gasteiger partial charge in [0.15, 0.2) is 0 Å². The summed E-state index contributed by atoms with van der Waals surface area (Å²) in [5, 5.41) is 11.7. The fraction of sp³-hybridized carbons (Fsp3) is 0.355. The number of non-ortho nitro benzene ring substituents is 1. The summed E-state index contributed by atoms with van der Waals surface area (Å²) in [5.74, 6) is 0.522. The summed E-state index contributed by atoms with van der Waals surface area (Å²) in [6, 6.07) is 13.3. The number of aryl methyl sites for hydroxylation is 6. The van der Waals surface area contributed by atoms with Crippen molar-refractivity contribution in [3.8, 4) is 5.75 Å². The molecule has 4 rings (SSSR count). The minimum absolute atomic E-state index is 0.0357. The SMILES string of the molecule is Cc1cc(C)c(N2CCN(c3c(C)cc(C)cc3C)[C]2=[Ru]([Cl])([Cl])=[CH]c2cc([N+](=O)[O-])ccc2OC(C)C)c(C)c1. The summed E-state index contributed by atoms with van der Waals surface area (Å²) >= 11 is -3.91. The topological polar surface area (TPSA) is 58.9 Å². The van der Waals surface area contributed by atoms with Crippen LogP contribution in [-0.4, -0.2) is 33.1 Å². The van der Waals surface area contributed by atoms with Crippen LogP contribution in [0.3, 0.4) is 0 Å². The van der Waals surface area contributed by atoms with Gasteiger partial charge in [-0.1, -0.05) is 0 Å². The summed E-state index contributed by atoms with van der Waals surface area (Å²) < 4.78 is 8.72. The summed E-state index contributed by atoms with van der Waals surface area (Å²) in [7, 11) is 15.0. The molecular formula is C31H37Cl2N3O3Ru. The van der Waals surface area contributed by atoms with Gasteiger partial charge in [-0.15, -0.1) is 0 Å². The normalized spacial score (nSPS) is 14.2. The third-order valence-electron chi connectivity index (χ3n) is 6.81. The number of nitrogens with zero attached hydrogens (tertiary/aromatic N) is 3. The van der Waals surface area contributed by atoms with Gasteiger partial charge in [0.2, 0.25) is 0 Å². The first-order valence-electron chi connectivity index (χ1n) is 13.2. The molecule has 216 valence electrons. The molecule has 3 aromatic carbocycles. The van der Waals surface area contributed by atoms with E-state index in [-0.39, 0.29) is 11.8 Å². The van der Waals surface area contributed by atoms with Crippen LogP contribution in [0.5, 0.6) is 5.75 Å². The Balaban J connectivity index is 2.08. The molecule has 1 fully saturated rings. The predicted octanol–water partition coefficient (Wildman–Crippen LogP) is 7.96. The number of ether oxygens (including phenoxy) is 1. The molecule has 0 unspecified atom stereocenters. The molecule has 1 heterocycles. The van der Waals surface area contributed by atoms with Crippen molar-refractivity contribution < 1.29 is 21.6 Å². The molecule has 9 heteroatoms. The zero-order valence-electron chi connectivity index (χ0n) is 24.3. The molecule has 0 radical (unpaired) electrons. The molecule has 40 heavy (non-hydrogen) atoms. The molecule has 6 nitrogen and oxygen atoms in total. The maximum atomic E-state index is 11.7. The Bertz CT molecular complexity index is 1500. The predicted molar refractivity (Wildman–Crippen MR) is 167 cm³/mol. The van der Waals surface area contributed by atoms with E-state index in [1.165, 1.54) is 23.3 Å². The van der Waals surface area contributed by atoms with Crippen LogP contribution in [0.1, 0.15) is 52.8 Å². The Hall–Kier alpha value is -2.60. The number of rotatable bonds is 6. The Kier molecular flexibility index (Phi) is 8.89. The molecule has 0 N–H and O–H groups in total. The van der Waals surface area contributed by atoms with E-state index < -0.39 is 16.8 Å². The van der Waals surface area contributed by atoms with Crippen LogP contribution >= 0.6 is 19.4 Å². The van der Waals surface area contributed by atoms with Crippen molar-refractivity contribution in [1.82, 2.24) is 0 Å². The van der Waals surface area contributed by atoms with E-state index in [0.717, 1.165) is 38.0 Å². The first-order chi connectivity index (χ1) is 18.7. The molecule has 0 aliphatic carbocycles. The number of benzene rings is 3. The van der Waals surface area contributed by atoms with Crippen molar-refractivity contribution in [3.63, 3.8) is 0 Å². The monoisotopic (exact) mass is 671 g/mol. The van der Waals surface area contributed by atoms with E-state index in [1.54, 1.807) is 6.07 Å². The molecule has 0 bridgehead atoms. The first kappa shape index (κ1) is 30.4. The van der Waals surface area contributed by atoms with E-state index in [9.17, 15) is 10.1 Å². The molecule has 0 atom stereocenters. The number of anilines is 2. The zero-order chi connectivity index (χ0) is 29.5. The molecule has 1 aliphatic rings. The Morgan fingerprint density at radius 2 is 1.30 bits per heavy atom. The summed E-state index contributed by atoms with van der Waals surface area (Å²) in [6.45, 7) is 17.9. The van der Waals surface area contributed by atoms with Crippen LogP contribution in [0.15, 0.2) is 42.5 Å². The summed E-state index contributed by atoms with van der Waals surface area (Å²) in [5.41, 5.74) is 9.69. The molecule has 1 aliphatic heterocycles. The maximum absolute atomic E-state index is 11.7. The average molecular weight is 672 g/mol. The summed E-state index contributed by atoms with van der Waals surface area (Å²) in [6.07, 6.45) is -0.123. The van der Waals surface area contributed by atoms with Gasteiger partial charge >= 0.3 is 249 Å². The van der Waals surface area contributed by atoms with E-state index in [2.05, 4.69) is 75.6 Å². The van der Waals surface area contributed by atoms with Gasteiger partial charge in [0.1, 0.15) is 0 Å². The van der Waals surface area contributed by atoms with Crippen LogP contribution in [0, 0.1) is 51.7 Å². The van der Waals surface area contributed by atoms with Gasteiger partial charge in [0.25, 0.3) is 0 Å². The van der Waals surface area contributed by atoms with Gasteiger partial charge in [-0.05, 0) is 0 Å². The van der Waals surface area contributed by atoms with Crippen molar-refractivity contribution in [2.24, 2.45) is 0 Å². The molecule has 0 aromatic heterocycles. The average Bonchev–Trinajstić information content (AvgIpc) is 3.23. The van der Waals surface area contributed by atoms with E-state index >= 15 is 0 Å². The van der Waals surface area contributed by atoms with Crippen molar-refractivity contribution in [2.45, 2.75) is 61.5 Å². The Morgan fingerprint density at radius 1 is 0.850 bits per heavy atom. The van der Waals surface area contributed by atoms with Crippen molar-refractivity contribution in [2.75, 3.05) is 22.9 Å². The molecule has 1 saturated heterocycles. The standard InChI is InChI=1S/C21H26N2.C10H11NO3.2ClH.Ru/c1-14-9-16(3)20(17(4)10-14)22-7-8-23(13-22)21-18(5)11-15(2)12-19(21)6;1-7(2)14-10-5-4-9(11(12)13)6-8(10)3;;;/h9-12H,7-8H2,1-6H3;3-7H,1-2H3;2*1H;/q;;;;+2/p-2. The minimum atomic E-state index is -3.91. The number of nitro benzene ring substituents is 1. The fourth-order valence-corrected chi connectivity index (χ4v) is 11.7. The van der Waals surface area contributed by atoms with Crippen molar-refractivity contribution >= 4 is 45.4 Å². The molecule has 3 aromatic rings. The third-order valence-corrected chi connectivity index (χ3v) is 12.3. The number of hydrogen-bond donors (Lipinski definition) is 0. The number of nitro groups is 1. The second-order valence-electron chi connectivity index (χ2n) is 10.7. The van der Waals surface area contributed by atoms with E-state index in [0.29, 0.717) is 24.4 Å².